The fourth-order valence-corrected chi connectivity index (χ4v) is 2.74. The van der Waals surface area contributed by atoms with Gasteiger partial charge in [-0.1, -0.05) is 16.8 Å². The topological polar surface area (TPSA) is 88.5 Å². The minimum atomic E-state index is -0.601. The van der Waals surface area contributed by atoms with E-state index in [0.717, 1.165) is 6.07 Å². The van der Waals surface area contributed by atoms with Crippen molar-refractivity contribution in [2.75, 3.05) is 26.2 Å². The lowest BCUT2D eigenvalue weighted by Gasteiger charge is -2.34. The molecule has 0 spiro atoms. The fraction of sp³-hybridized carbons (Fsp3) is 0.400. The van der Waals surface area contributed by atoms with Crippen molar-refractivity contribution in [3.8, 4) is 0 Å². The molecule has 0 radical (unpaired) electrons. The molecular formula is C15H18Cl2FN5O2. The van der Waals surface area contributed by atoms with Crippen LogP contribution in [0.5, 0.6) is 0 Å². The molecule has 7 nitrogen and oxygen atoms in total. The molecule has 1 amide bonds. The lowest BCUT2D eigenvalue weighted by molar-refractivity contribution is 0.0620. The second-order valence-corrected chi connectivity index (χ2v) is 5.94. The van der Waals surface area contributed by atoms with Gasteiger partial charge >= 0.3 is 0 Å². The first-order chi connectivity index (χ1) is 11.6. The zero-order valence-corrected chi connectivity index (χ0v) is 14.9. The van der Waals surface area contributed by atoms with E-state index in [0.29, 0.717) is 44.4 Å². The van der Waals surface area contributed by atoms with E-state index in [1.807, 2.05) is 0 Å². The summed E-state index contributed by atoms with van der Waals surface area (Å²) in [5, 5.41) is 4.12. The molecule has 1 fully saturated rings. The Hall–Kier alpha value is -1.74. The minimum absolute atomic E-state index is 0. The van der Waals surface area contributed by atoms with Crippen molar-refractivity contribution in [1.82, 2.24) is 19.9 Å². The second-order valence-electron chi connectivity index (χ2n) is 5.50. The Bertz CT molecular complexity index is 734. The van der Waals surface area contributed by atoms with Gasteiger partial charge in [-0.25, -0.2) is 4.39 Å². The number of aromatic nitrogens is 2. The number of piperazine rings is 1. The summed E-state index contributed by atoms with van der Waals surface area (Å²) < 4.78 is 18.8. The molecule has 25 heavy (non-hydrogen) atoms. The summed E-state index contributed by atoms with van der Waals surface area (Å²) in [4.78, 5) is 20.3. The Morgan fingerprint density at radius 1 is 1.32 bits per heavy atom. The van der Waals surface area contributed by atoms with E-state index in [-0.39, 0.29) is 35.4 Å². The van der Waals surface area contributed by atoms with Crippen molar-refractivity contribution in [3.63, 3.8) is 0 Å². The second kappa shape index (κ2) is 8.57. The number of carbonyl (C=O) groups excluding carboxylic acids is 1. The maximum atomic E-state index is 13.9. The van der Waals surface area contributed by atoms with E-state index < -0.39 is 5.82 Å². The first-order valence-electron chi connectivity index (χ1n) is 7.55. The molecule has 3 rings (SSSR count). The third kappa shape index (κ3) is 4.66. The molecule has 136 valence electrons. The van der Waals surface area contributed by atoms with Crippen LogP contribution in [0, 0.1) is 5.82 Å². The lowest BCUT2D eigenvalue weighted by Crippen LogP contribution is -2.48. The molecule has 0 atom stereocenters. The normalized spacial score (nSPS) is 15.1. The van der Waals surface area contributed by atoms with Crippen LogP contribution in [0.2, 0.25) is 5.02 Å². The van der Waals surface area contributed by atoms with Gasteiger partial charge in [-0.3, -0.25) is 9.69 Å². The largest absolute Gasteiger partial charge is 0.338 e. The molecule has 2 N–H and O–H groups in total. The van der Waals surface area contributed by atoms with E-state index in [4.69, 9.17) is 21.9 Å². The van der Waals surface area contributed by atoms with Gasteiger partial charge in [0.2, 0.25) is 5.89 Å². The molecule has 1 aliphatic rings. The number of carbonyl (C=O) groups is 1. The molecule has 1 aliphatic heterocycles. The first kappa shape index (κ1) is 19.6. The van der Waals surface area contributed by atoms with Gasteiger partial charge in [0.05, 0.1) is 18.7 Å². The smallest absolute Gasteiger partial charge is 0.256 e. The molecule has 1 aromatic carbocycles. The van der Waals surface area contributed by atoms with Crippen LogP contribution in [0.1, 0.15) is 22.1 Å². The van der Waals surface area contributed by atoms with Gasteiger partial charge in [-0.05, 0) is 18.2 Å². The van der Waals surface area contributed by atoms with Gasteiger partial charge in [0.25, 0.3) is 5.91 Å². The van der Waals surface area contributed by atoms with Crippen LogP contribution in [-0.4, -0.2) is 52.0 Å². The average Bonchev–Trinajstić information content (AvgIpc) is 3.03. The maximum Gasteiger partial charge on any atom is 0.256 e. The number of hydrogen-bond acceptors (Lipinski definition) is 6. The maximum absolute atomic E-state index is 13.9. The zero-order valence-electron chi connectivity index (χ0n) is 13.3. The van der Waals surface area contributed by atoms with E-state index in [1.165, 1.54) is 12.1 Å². The molecule has 0 bridgehead atoms. The summed E-state index contributed by atoms with van der Waals surface area (Å²) >= 11 is 5.72. The highest BCUT2D eigenvalue weighted by Gasteiger charge is 2.25. The number of nitrogens with two attached hydrogens (primary N) is 1. The van der Waals surface area contributed by atoms with Crippen LogP contribution in [0.3, 0.4) is 0 Å². The highest BCUT2D eigenvalue weighted by atomic mass is 35.5. The predicted molar refractivity (Wildman–Crippen MR) is 92.0 cm³/mol. The summed E-state index contributed by atoms with van der Waals surface area (Å²) in [6, 6.07) is 4.08. The van der Waals surface area contributed by atoms with Crippen molar-refractivity contribution < 1.29 is 13.7 Å². The van der Waals surface area contributed by atoms with E-state index >= 15 is 0 Å². The monoisotopic (exact) mass is 389 g/mol. The number of nitrogens with zero attached hydrogens (tertiary/aromatic N) is 4. The Balaban J connectivity index is 0.00000225. The van der Waals surface area contributed by atoms with Crippen LogP contribution < -0.4 is 5.73 Å². The van der Waals surface area contributed by atoms with Crippen molar-refractivity contribution >= 4 is 29.9 Å². The van der Waals surface area contributed by atoms with Gasteiger partial charge < -0.3 is 15.2 Å². The molecule has 2 aromatic rings. The quantitative estimate of drug-likeness (QED) is 0.855. The highest BCUT2D eigenvalue weighted by molar-refractivity contribution is 6.30. The SMILES string of the molecule is Cl.NCc1nc(CN2CCN(C(=O)c3ccc(Cl)cc3F)CC2)no1. The first-order valence-corrected chi connectivity index (χ1v) is 7.93. The van der Waals surface area contributed by atoms with Gasteiger partial charge in [0.15, 0.2) is 5.82 Å². The van der Waals surface area contributed by atoms with Crippen molar-refractivity contribution in [3.05, 3.63) is 46.3 Å². The Morgan fingerprint density at radius 2 is 2.04 bits per heavy atom. The minimum Gasteiger partial charge on any atom is -0.338 e. The van der Waals surface area contributed by atoms with Crippen LogP contribution >= 0.6 is 24.0 Å². The van der Waals surface area contributed by atoms with Crippen LogP contribution in [0.25, 0.3) is 0 Å². The third-order valence-corrected chi connectivity index (χ3v) is 4.11. The number of amides is 1. The molecule has 0 unspecified atom stereocenters. The van der Waals surface area contributed by atoms with Gasteiger partial charge in [0.1, 0.15) is 5.82 Å². The fourth-order valence-electron chi connectivity index (χ4n) is 2.58. The molecule has 2 heterocycles. The average molecular weight is 390 g/mol. The molecule has 1 saturated heterocycles. The van der Waals surface area contributed by atoms with Crippen molar-refractivity contribution in [1.29, 1.82) is 0 Å². The van der Waals surface area contributed by atoms with Gasteiger partial charge in [0, 0.05) is 31.2 Å². The highest BCUT2D eigenvalue weighted by Crippen LogP contribution is 2.17. The van der Waals surface area contributed by atoms with E-state index in [2.05, 4.69) is 15.0 Å². The number of rotatable bonds is 4. The lowest BCUT2D eigenvalue weighted by atomic mass is 10.1. The Labute approximate surface area is 155 Å². The van der Waals surface area contributed by atoms with Crippen LogP contribution in [-0.2, 0) is 13.1 Å². The predicted octanol–water partition coefficient (Wildman–Crippen LogP) is 1.70. The Morgan fingerprint density at radius 3 is 2.64 bits per heavy atom. The standard InChI is InChI=1S/C15H17ClFN5O2.ClH/c16-10-1-2-11(12(17)7-10)15(23)22-5-3-21(4-6-22)9-13-19-14(8-18)24-20-13;/h1-2,7H,3-6,8-9,18H2;1H. The molecule has 1 aromatic heterocycles. The van der Waals surface area contributed by atoms with Crippen molar-refractivity contribution in [2.45, 2.75) is 13.1 Å². The summed E-state index contributed by atoms with van der Waals surface area (Å²) in [7, 11) is 0. The number of benzene rings is 1. The molecular weight excluding hydrogens is 372 g/mol. The third-order valence-electron chi connectivity index (χ3n) is 3.87. The zero-order chi connectivity index (χ0) is 17.1. The summed E-state index contributed by atoms with van der Waals surface area (Å²) in [5.74, 6) is 0.0424. The summed E-state index contributed by atoms with van der Waals surface area (Å²) in [6.45, 7) is 3.04. The van der Waals surface area contributed by atoms with E-state index in [9.17, 15) is 9.18 Å². The Kier molecular flexibility index (Phi) is 6.71. The van der Waals surface area contributed by atoms with Crippen molar-refractivity contribution in [2.24, 2.45) is 5.73 Å². The molecule has 10 heteroatoms. The summed E-state index contributed by atoms with van der Waals surface area (Å²) in [5.41, 5.74) is 5.47. The number of hydrogen-bond donors (Lipinski definition) is 1. The van der Waals surface area contributed by atoms with Crippen LogP contribution in [0.4, 0.5) is 4.39 Å². The molecule has 0 saturated carbocycles. The number of halogens is 3. The van der Waals surface area contributed by atoms with Gasteiger partial charge in [-0.2, -0.15) is 4.98 Å². The molecule has 0 aliphatic carbocycles. The van der Waals surface area contributed by atoms with E-state index in [1.54, 1.807) is 4.90 Å². The van der Waals surface area contributed by atoms with Crippen LogP contribution in [0.15, 0.2) is 22.7 Å². The van der Waals surface area contributed by atoms with Gasteiger partial charge in [-0.15, -0.1) is 12.4 Å². The summed E-state index contributed by atoms with van der Waals surface area (Å²) in [6.07, 6.45) is 0.